The van der Waals surface area contributed by atoms with Crippen LogP contribution in [0.15, 0.2) is 54.6 Å². The van der Waals surface area contributed by atoms with Gasteiger partial charge in [0.2, 0.25) is 0 Å². The highest BCUT2D eigenvalue weighted by Gasteiger charge is 2.04. The number of hydrogen-bond acceptors (Lipinski definition) is 3. The summed E-state index contributed by atoms with van der Waals surface area (Å²) in [6.45, 7) is 2.12. The highest BCUT2D eigenvalue weighted by atomic mass is 32.1. The number of nitrogens with one attached hydrogen (secondary N) is 1. The van der Waals surface area contributed by atoms with Crippen molar-refractivity contribution in [2.45, 2.75) is 6.42 Å². The maximum atomic E-state index is 5.72. The molecule has 0 saturated heterocycles. The Balaban J connectivity index is 1.64. The van der Waals surface area contributed by atoms with Crippen LogP contribution >= 0.6 is 12.2 Å². The molecule has 0 radical (unpaired) electrons. The summed E-state index contributed by atoms with van der Waals surface area (Å²) < 4.78 is 10.8. The molecule has 0 aliphatic carbocycles. The van der Waals surface area contributed by atoms with E-state index in [0.29, 0.717) is 6.61 Å². The molecule has 2 rings (SSSR count). The zero-order valence-electron chi connectivity index (χ0n) is 14.2. The molecule has 0 aliphatic rings. The van der Waals surface area contributed by atoms with Crippen molar-refractivity contribution in [3.8, 4) is 11.5 Å². The van der Waals surface area contributed by atoms with Gasteiger partial charge in [-0.2, -0.15) is 0 Å². The van der Waals surface area contributed by atoms with Gasteiger partial charge in [0.15, 0.2) is 5.11 Å². The summed E-state index contributed by atoms with van der Waals surface area (Å²) in [7, 11) is 3.62. The second-order valence-electron chi connectivity index (χ2n) is 5.41. The second-order valence-corrected chi connectivity index (χ2v) is 5.80. The van der Waals surface area contributed by atoms with Gasteiger partial charge < -0.3 is 19.7 Å². The fraction of sp³-hybridized carbons (Fsp3) is 0.316. The van der Waals surface area contributed by atoms with Gasteiger partial charge in [0.25, 0.3) is 0 Å². The fourth-order valence-electron chi connectivity index (χ4n) is 2.17. The molecule has 2 aromatic rings. The quantitative estimate of drug-likeness (QED) is 0.744. The predicted octanol–water partition coefficient (Wildman–Crippen LogP) is 3.12. The van der Waals surface area contributed by atoms with Gasteiger partial charge in [0.1, 0.15) is 18.1 Å². The first-order valence-corrected chi connectivity index (χ1v) is 8.39. The third-order valence-corrected chi connectivity index (χ3v) is 4.09. The average molecular weight is 344 g/mol. The highest BCUT2D eigenvalue weighted by Crippen LogP contribution is 2.16. The van der Waals surface area contributed by atoms with Crippen molar-refractivity contribution in [1.29, 1.82) is 0 Å². The first kappa shape index (κ1) is 18.1. The van der Waals surface area contributed by atoms with Gasteiger partial charge in [-0.1, -0.05) is 30.3 Å². The lowest BCUT2D eigenvalue weighted by Gasteiger charge is -2.21. The highest BCUT2D eigenvalue weighted by molar-refractivity contribution is 7.80. The van der Waals surface area contributed by atoms with E-state index >= 15 is 0 Å². The molecule has 0 bridgehead atoms. The number of hydrogen-bond donors (Lipinski definition) is 1. The Kier molecular flexibility index (Phi) is 7.36. The molecule has 24 heavy (non-hydrogen) atoms. The molecule has 0 atom stereocenters. The van der Waals surface area contributed by atoms with E-state index in [0.717, 1.165) is 36.1 Å². The summed E-state index contributed by atoms with van der Waals surface area (Å²) in [6.07, 6.45) is 0.956. The lowest BCUT2D eigenvalue weighted by Crippen LogP contribution is -2.39. The van der Waals surface area contributed by atoms with Gasteiger partial charge in [-0.05, 0) is 48.5 Å². The van der Waals surface area contributed by atoms with Crippen LogP contribution in [0.3, 0.4) is 0 Å². The zero-order valence-corrected chi connectivity index (χ0v) is 15.0. The lowest BCUT2D eigenvalue weighted by atomic mass is 10.1. The number of benzene rings is 2. The van der Waals surface area contributed by atoms with E-state index in [2.05, 4.69) is 29.6 Å². The summed E-state index contributed by atoms with van der Waals surface area (Å²) in [5.41, 5.74) is 1.30. The Hall–Kier alpha value is -2.27. The van der Waals surface area contributed by atoms with E-state index in [1.165, 1.54) is 5.56 Å². The van der Waals surface area contributed by atoms with Gasteiger partial charge in [0.05, 0.1) is 13.7 Å². The van der Waals surface area contributed by atoms with E-state index in [4.69, 9.17) is 21.7 Å². The number of likely N-dealkylation sites (N-methyl/N-ethyl adjacent to an activating group) is 1. The maximum absolute atomic E-state index is 5.72. The molecular weight excluding hydrogens is 320 g/mol. The van der Waals surface area contributed by atoms with Crippen molar-refractivity contribution in [2.24, 2.45) is 0 Å². The van der Waals surface area contributed by atoms with Crippen molar-refractivity contribution >= 4 is 17.3 Å². The van der Waals surface area contributed by atoms with Crippen LogP contribution < -0.4 is 14.8 Å². The Morgan fingerprint density at radius 1 is 1.04 bits per heavy atom. The largest absolute Gasteiger partial charge is 0.497 e. The Morgan fingerprint density at radius 2 is 1.71 bits per heavy atom. The van der Waals surface area contributed by atoms with Crippen LogP contribution in [0, 0.1) is 0 Å². The van der Waals surface area contributed by atoms with Crippen molar-refractivity contribution < 1.29 is 9.47 Å². The minimum absolute atomic E-state index is 0.573. The van der Waals surface area contributed by atoms with E-state index in [-0.39, 0.29) is 0 Å². The van der Waals surface area contributed by atoms with Crippen LogP contribution in [0.2, 0.25) is 0 Å². The lowest BCUT2D eigenvalue weighted by molar-refractivity contribution is 0.283. The van der Waals surface area contributed by atoms with Crippen LogP contribution in [0.4, 0.5) is 0 Å². The van der Waals surface area contributed by atoms with Gasteiger partial charge in [-0.15, -0.1) is 0 Å². The van der Waals surface area contributed by atoms with Crippen LogP contribution in [0.5, 0.6) is 11.5 Å². The van der Waals surface area contributed by atoms with Crippen LogP contribution in [0.1, 0.15) is 5.56 Å². The monoisotopic (exact) mass is 344 g/mol. The first-order valence-electron chi connectivity index (χ1n) is 7.99. The smallest absolute Gasteiger partial charge is 0.168 e. The zero-order chi connectivity index (χ0) is 17.2. The molecule has 1 N–H and O–H groups in total. The standard InChI is InChI=1S/C19H24N2O2S/c1-21(14-15-23-18-10-8-17(22-2)9-11-18)19(24)20-13-12-16-6-4-3-5-7-16/h3-11H,12-15H2,1-2H3,(H,20,24). The summed E-state index contributed by atoms with van der Waals surface area (Å²) in [5.74, 6) is 1.65. The number of methoxy groups -OCH3 is 1. The molecule has 0 spiro atoms. The molecule has 4 nitrogen and oxygen atoms in total. The van der Waals surface area contributed by atoms with Crippen molar-refractivity contribution in [2.75, 3.05) is 33.9 Å². The molecule has 0 saturated carbocycles. The first-order chi connectivity index (χ1) is 11.7. The van der Waals surface area contributed by atoms with Gasteiger partial charge in [-0.25, -0.2) is 0 Å². The van der Waals surface area contributed by atoms with Gasteiger partial charge >= 0.3 is 0 Å². The molecule has 5 heteroatoms. The summed E-state index contributed by atoms with van der Waals surface area (Å²) >= 11 is 5.40. The molecule has 0 aromatic heterocycles. The van der Waals surface area contributed by atoms with Crippen molar-refractivity contribution in [3.63, 3.8) is 0 Å². The third kappa shape index (κ3) is 6.08. The number of nitrogens with zero attached hydrogens (tertiary/aromatic N) is 1. The normalized spacial score (nSPS) is 10.1. The Bertz CT molecular complexity index is 617. The summed E-state index contributed by atoms with van der Waals surface area (Å²) in [6, 6.07) is 17.9. The molecule has 2 aromatic carbocycles. The van der Waals surface area contributed by atoms with E-state index in [1.54, 1.807) is 7.11 Å². The average Bonchev–Trinajstić information content (AvgIpc) is 2.63. The van der Waals surface area contributed by atoms with E-state index in [9.17, 15) is 0 Å². The second kappa shape index (κ2) is 9.78. The fourth-order valence-corrected chi connectivity index (χ4v) is 2.36. The topological polar surface area (TPSA) is 33.7 Å². The maximum Gasteiger partial charge on any atom is 0.168 e. The van der Waals surface area contributed by atoms with Gasteiger partial charge in [0, 0.05) is 13.6 Å². The Labute approximate surface area is 149 Å². The van der Waals surface area contributed by atoms with Crippen LogP contribution in [0.25, 0.3) is 0 Å². The number of rotatable bonds is 8. The minimum Gasteiger partial charge on any atom is -0.497 e. The molecule has 0 fully saturated rings. The number of ether oxygens (including phenoxy) is 2. The molecule has 128 valence electrons. The van der Waals surface area contributed by atoms with E-state index < -0.39 is 0 Å². The molecule has 0 heterocycles. The molecule has 0 amide bonds. The molecule has 0 aliphatic heterocycles. The van der Waals surface area contributed by atoms with Crippen molar-refractivity contribution in [3.05, 3.63) is 60.2 Å². The molecule has 0 unspecified atom stereocenters. The third-order valence-electron chi connectivity index (χ3n) is 3.63. The predicted molar refractivity (Wildman–Crippen MR) is 102 cm³/mol. The van der Waals surface area contributed by atoms with Crippen molar-refractivity contribution in [1.82, 2.24) is 10.2 Å². The SMILES string of the molecule is COc1ccc(OCCN(C)C(=S)NCCc2ccccc2)cc1. The minimum atomic E-state index is 0.573. The van der Waals surface area contributed by atoms with Gasteiger partial charge in [-0.3, -0.25) is 0 Å². The van der Waals surface area contributed by atoms with E-state index in [1.807, 2.05) is 42.3 Å². The van der Waals surface area contributed by atoms with Crippen LogP contribution in [-0.4, -0.2) is 43.9 Å². The summed E-state index contributed by atoms with van der Waals surface area (Å²) in [4.78, 5) is 1.99. The number of thiocarbonyl (C=S) groups is 1. The van der Waals surface area contributed by atoms with Crippen LogP contribution in [-0.2, 0) is 6.42 Å². The molecular formula is C19H24N2O2S. The Morgan fingerprint density at radius 3 is 2.38 bits per heavy atom. The summed E-state index contributed by atoms with van der Waals surface area (Å²) in [5, 5.41) is 4.02.